The lowest BCUT2D eigenvalue weighted by Gasteiger charge is -2.25. The van der Waals surface area contributed by atoms with Gasteiger partial charge in [0.2, 0.25) is 0 Å². The second-order valence-electron chi connectivity index (χ2n) is 7.80. The van der Waals surface area contributed by atoms with Crippen molar-refractivity contribution in [3.8, 4) is 11.5 Å². The molecule has 0 fully saturated rings. The molecule has 0 bridgehead atoms. The number of carbonyl (C=O) groups excluding carboxylic acids is 2. The zero-order valence-electron chi connectivity index (χ0n) is 19.2. The molecule has 3 rings (SSSR count). The van der Waals surface area contributed by atoms with Crippen LogP contribution in [0.3, 0.4) is 0 Å². The second kappa shape index (κ2) is 12.7. The summed E-state index contributed by atoms with van der Waals surface area (Å²) in [6.45, 7) is -0.487. The number of nitrogens with zero attached hydrogens (tertiary/aromatic N) is 2. The molecule has 0 aliphatic heterocycles. The van der Waals surface area contributed by atoms with Gasteiger partial charge in [-0.05, 0) is 60.7 Å². The maximum absolute atomic E-state index is 13.2. The summed E-state index contributed by atoms with van der Waals surface area (Å²) in [5, 5.41) is 14.3. The van der Waals surface area contributed by atoms with E-state index in [1.807, 2.05) is 18.2 Å². The molecule has 186 valence electrons. The highest BCUT2D eigenvalue weighted by Crippen LogP contribution is 2.25. The fourth-order valence-electron chi connectivity index (χ4n) is 3.37. The zero-order valence-corrected chi connectivity index (χ0v) is 19.2. The number of hydrogen-bond donors (Lipinski definition) is 2. The van der Waals surface area contributed by atoms with Crippen molar-refractivity contribution in [2.24, 2.45) is 5.18 Å². The fourth-order valence-corrected chi connectivity index (χ4v) is 3.37. The van der Waals surface area contributed by atoms with Crippen LogP contribution < -0.4 is 15.0 Å². The molecule has 0 saturated carbocycles. The summed E-state index contributed by atoms with van der Waals surface area (Å²) in [4.78, 5) is 48.7. The van der Waals surface area contributed by atoms with E-state index < -0.39 is 36.8 Å². The van der Waals surface area contributed by atoms with E-state index in [9.17, 15) is 23.7 Å². The van der Waals surface area contributed by atoms with Crippen molar-refractivity contribution in [2.75, 3.05) is 18.0 Å². The Labute approximate surface area is 206 Å². The zero-order chi connectivity index (χ0) is 25.9. The molecule has 3 aromatic carbocycles. The number of carboxylic acids is 1. The number of aliphatic carboxylic acids is 1. The predicted molar refractivity (Wildman–Crippen MR) is 131 cm³/mol. The summed E-state index contributed by atoms with van der Waals surface area (Å²) >= 11 is 0. The average Bonchev–Trinajstić information content (AvgIpc) is 2.86. The molecule has 1 atom stereocenters. The third-order valence-electron chi connectivity index (χ3n) is 5.14. The number of rotatable bonds is 12. The summed E-state index contributed by atoms with van der Waals surface area (Å²) in [6.07, 6.45) is -0.583. The molecule has 0 spiro atoms. The quantitative estimate of drug-likeness (QED) is 0.270. The van der Waals surface area contributed by atoms with Gasteiger partial charge in [-0.2, -0.15) is 4.91 Å². The standard InChI is InChI=1S/C26H24FN3O6/c27-19-8-6-18(7-9-19)24(31)14-15-30(26(34)29-20(17-28-35)16-25(32)33)21-10-12-23(13-11-21)36-22-4-2-1-3-5-22/h1-13,20H,14-17H2,(H,29,34)(H,32,33)/t20-/m1/s1. The molecule has 0 aliphatic rings. The van der Waals surface area contributed by atoms with Gasteiger partial charge in [0, 0.05) is 24.2 Å². The van der Waals surface area contributed by atoms with Gasteiger partial charge in [-0.25, -0.2) is 9.18 Å². The van der Waals surface area contributed by atoms with E-state index >= 15 is 0 Å². The van der Waals surface area contributed by atoms with Crippen molar-refractivity contribution in [1.29, 1.82) is 0 Å². The molecule has 0 radical (unpaired) electrons. The van der Waals surface area contributed by atoms with Crippen LogP contribution in [-0.4, -0.2) is 42.0 Å². The molecular formula is C26H24FN3O6. The van der Waals surface area contributed by atoms with Crippen LogP contribution in [0.25, 0.3) is 0 Å². The van der Waals surface area contributed by atoms with Crippen molar-refractivity contribution < 1.29 is 28.6 Å². The van der Waals surface area contributed by atoms with Crippen LogP contribution in [0.1, 0.15) is 23.2 Å². The lowest BCUT2D eigenvalue weighted by molar-refractivity contribution is -0.137. The van der Waals surface area contributed by atoms with E-state index in [0.717, 1.165) is 0 Å². The minimum Gasteiger partial charge on any atom is -0.481 e. The number of para-hydroxylation sites is 1. The third kappa shape index (κ3) is 7.73. The minimum atomic E-state index is -1.20. The van der Waals surface area contributed by atoms with Gasteiger partial charge in [-0.15, -0.1) is 0 Å². The first-order valence-electron chi connectivity index (χ1n) is 11.1. The molecule has 9 nitrogen and oxygen atoms in total. The van der Waals surface area contributed by atoms with E-state index in [0.29, 0.717) is 17.2 Å². The number of amides is 2. The second-order valence-corrected chi connectivity index (χ2v) is 7.80. The number of Topliss-reactive ketones (excluding diaryl/α,β-unsaturated/α-hetero) is 1. The van der Waals surface area contributed by atoms with Crippen molar-refractivity contribution >= 4 is 23.5 Å². The highest BCUT2D eigenvalue weighted by atomic mass is 19.1. The van der Waals surface area contributed by atoms with Crippen molar-refractivity contribution in [1.82, 2.24) is 5.32 Å². The van der Waals surface area contributed by atoms with E-state index in [1.165, 1.54) is 29.2 Å². The Morgan fingerprint density at radius 3 is 2.19 bits per heavy atom. The molecule has 0 saturated heterocycles. The lowest BCUT2D eigenvalue weighted by Crippen LogP contribution is -2.47. The normalized spacial score (nSPS) is 11.2. The topological polar surface area (TPSA) is 125 Å². The van der Waals surface area contributed by atoms with Gasteiger partial charge < -0.3 is 15.2 Å². The molecule has 0 aromatic heterocycles. The summed E-state index contributed by atoms with van der Waals surface area (Å²) in [5.41, 5.74) is 0.699. The SMILES string of the molecule is O=NC[C@@H](CC(=O)O)NC(=O)N(CCC(=O)c1ccc(F)cc1)c1ccc(Oc2ccccc2)cc1. The lowest BCUT2D eigenvalue weighted by atomic mass is 10.1. The first-order chi connectivity index (χ1) is 17.4. The third-order valence-corrected chi connectivity index (χ3v) is 5.14. The maximum atomic E-state index is 13.2. The van der Waals surface area contributed by atoms with Gasteiger partial charge in [0.15, 0.2) is 5.78 Å². The number of urea groups is 1. The monoisotopic (exact) mass is 493 g/mol. The number of halogens is 1. The summed E-state index contributed by atoms with van der Waals surface area (Å²) in [6, 6.07) is 19.0. The van der Waals surface area contributed by atoms with Crippen molar-refractivity contribution in [3.63, 3.8) is 0 Å². The number of carbonyl (C=O) groups is 3. The highest BCUT2D eigenvalue weighted by Gasteiger charge is 2.23. The van der Waals surface area contributed by atoms with Gasteiger partial charge in [0.05, 0.1) is 12.5 Å². The number of ether oxygens (including phenoxy) is 1. The number of ketones is 1. The van der Waals surface area contributed by atoms with Crippen molar-refractivity contribution in [3.05, 3.63) is 95.2 Å². The number of anilines is 1. The Morgan fingerprint density at radius 1 is 0.944 bits per heavy atom. The fraction of sp³-hybridized carbons (Fsp3) is 0.192. The number of nitrogens with one attached hydrogen (secondary N) is 1. The first kappa shape index (κ1) is 26.0. The van der Waals surface area contributed by atoms with Crippen LogP contribution in [0.5, 0.6) is 11.5 Å². The molecule has 0 heterocycles. The molecular weight excluding hydrogens is 469 g/mol. The van der Waals surface area contributed by atoms with Gasteiger partial charge in [-0.3, -0.25) is 14.5 Å². The molecule has 0 unspecified atom stereocenters. The Balaban J connectivity index is 1.78. The summed E-state index contributed by atoms with van der Waals surface area (Å²) in [7, 11) is 0. The van der Waals surface area contributed by atoms with Gasteiger partial charge >= 0.3 is 12.0 Å². The van der Waals surface area contributed by atoms with Crippen LogP contribution >= 0.6 is 0 Å². The van der Waals surface area contributed by atoms with Crippen LogP contribution in [0.15, 0.2) is 84.0 Å². The molecule has 0 aliphatic carbocycles. The first-order valence-corrected chi connectivity index (χ1v) is 11.1. The van der Waals surface area contributed by atoms with E-state index in [1.54, 1.807) is 36.4 Å². The molecule has 2 amide bonds. The van der Waals surface area contributed by atoms with E-state index in [-0.39, 0.29) is 24.3 Å². The predicted octanol–water partition coefficient (Wildman–Crippen LogP) is 5.02. The number of carboxylic acid groups (broad SMARTS) is 1. The van der Waals surface area contributed by atoms with Crippen LogP contribution in [-0.2, 0) is 4.79 Å². The summed E-state index contributed by atoms with van der Waals surface area (Å²) in [5.74, 6) is -0.847. The van der Waals surface area contributed by atoms with Gasteiger partial charge in [-0.1, -0.05) is 23.4 Å². The van der Waals surface area contributed by atoms with Gasteiger partial charge in [0.25, 0.3) is 0 Å². The van der Waals surface area contributed by atoms with Crippen LogP contribution in [0.4, 0.5) is 14.9 Å². The highest BCUT2D eigenvalue weighted by molar-refractivity contribution is 5.98. The van der Waals surface area contributed by atoms with E-state index in [2.05, 4.69) is 10.5 Å². The molecule has 36 heavy (non-hydrogen) atoms. The van der Waals surface area contributed by atoms with E-state index in [4.69, 9.17) is 9.84 Å². The van der Waals surface area contributed by atoms with Gasteiger partial charge in [0.1, 0.15) is 23.9 Å². The summed E-state index contributed by atoms with van der Waals surface area (Å²) < 4.78 is 18.9. The van der Waals surface area contributed by atoms with Crippen LogP contribution in [0, 0.1) is 10.7 Å². The molecule has 3 aromatic rings. The largest absolute Gasteiger partial charge is 0.481 e. The number of hydrogen-bond acceptors (Lipinski definition) is 6. The molecule has 10 heteroatoms. The maximum Gasteiger partial charge on any atom is 0.322 e. The molecule has 2 N–H and O–H groups in total. The van der Waals surface area contributed by atoms with Crippen LogP contribution in [0.2, 0.25) is 0 Å². The Bertz CT molecular complexity index is 1190. The minimum absolute atomic E-state index is 0.0603. The average molecular weight is 493 g/mol. The van der Waals surface area contributed by atoms with Crippen molar-refractivity contribution in [2.45, 2.75) is 18.9 Å². The Hall–Kier alpha value is -4.60. The smallest absolute Gasteiger partial charge is 0.322 e. The Kier molecular flexibility index (Phi) is 9.21. The number of nitroso groups, excluding NO2 is 1. The number of benzene rings is 3. The Morgan fingerprint density at radius 2 is 1.58 bits per heavy atom.